The number of thiophene rings is 1. The smallest absolute Gasteiger partial charge is 0.251 e. The molecule has 0 saturated carbocycles. The van der Waals surface area contributed by atoms with Gasteiger partial charge in [0.15, 0.2) is 11.5 Å². The van der Waals surface area contributed by atoms with Gasteiger partial charge in [0.05, 0.1) is 10.3 Å². The Kier molecular flexibility index (Phi) is 6.61. The molecule has 0 radical (unpaired) electrons. The Balaban J connectivity index is 1.47. The molecule has 1 aliphatic heterocycles. The first-order valence-electron chi connectivity index (χ1n) is 9.41. The summed E-state index contributed by atoms with van der Waals surface area (Å²) in [5.41, 5.74) is 0.533. The summed E-state index contributed by atoms with van der Waals surface area (Å²) in [6.07, 6.45) is -0.389. The molecule has 0 saturated heterocycles. The second-order valence-corrected chi connectivity index (χ2v) is 11.2. The first kappa shape index (κ1) is 21.8. The zero-order valence-corrected chi connectivity index (χ0v) is 19.4. The highest BCUT2D eigenvalue weighted by molar-refractivity contribution is 9.11. The highest BCUT2D eigenvalue weighted by Gasteiger charge is 2.29. The minimum absolute atomic E-state index is 0.119. The molecule has 31 heavy (non-hydrogen) atoms. The number of nitrogens with one attached hydrogen (secondary N) is 2. The summed E-state index contributed by atoms with van der Waals surface area (Å²) in [5, 5.41) is 2.78. The Morgan fingerprint density at radius 3 is 2.48 bits per heavy atom. The van der Waals surface area contributed by atoms with E-state index in [1.807, 2.05) is 18.2 Å². The van der Waals surface area contributed by atoms with Crippen molar-refractivity contribution in [1.29, 1.82) is 0 Å². The fourth-order valence-corrected chi connectivity index (χ4v) is 6.26. The van der Waals surface area contributed by atoms with Gasteiger partial charge in [-0.05, 0) is 45.8 Å². The maximum Gasteiger partial charge on any atom is 0.251 e. The van der Waals surface area contributed by atoms with E-state index in [4.69, 9.17) is 9.47 Å². The van der Waals surface area contributed by atoms with Crippen LogP contribution in [0.15, 0.2) is 74.7 Å². The van der Waals surface area contributed by atoms with E-state index in [2.05, 4.69) is 26.0 Å². The van der Waals surface area contributed by atoms with Crippen molar-refractivity contribution in [3.05, 3.63) is 76.1 Å². The third kappa shape index (κ3) is 5.27. The summed E-state index contributed by atoms with van der Waals surface area (Å²) in [6, 6.07) is 18.0. The van der Waals surface area contributed by atoms with Crippen molar-refractivity contribution < 1.29 is 22.7 Å². The van der Waals surface area contributed by atoms with Crippen LogP contribution in [0.5, 0.6) is 11.5 Å². The average Bonchev–Trinajstić information content (AvgIpc) is 3.24. The molecule has 0 spiro atoms. The topological polar surface area (TPSA) is 93.7 Å². The maximum absolute atomic E-state index is 13.0. The molecule has 10 heteroatoms. The van der Waals surface area contributed by atoms with E-state index in [1.165, 1.54) is 6.07 Å². The maximum atomic E-state index is 13.0. The molecule has 1 aliphatic rings. The van der Waals surface area contributed by atoms with Crippen LogP contribution in [0.3, 0.4) is 0 Å². The molecule has 7 nitrogen and oxygen atoms in total. The van der Waals surface area contributed by atoms with E-state index in [0.29, 0.717) is 20.8 Å². The number of rotatable bonds is 7. The highest BCUT2D eigenvalue weighted by atomic mass is 79.9. The second-order valence-electron chi connectivity index (χ2n) is 6.77. The number of para-hydroxylation sites is 2. The normalized spacial score (nSPS) is 16.5. The van der Waals surface area contributed by atoms with Crippen molar-refractivity contribution in [2.75, 3.05) is 13.2 Å². The molecule has 2 N–H and O–H groups in total. The van der Waals surface area contributed by atoms with E-state index in [0.717, 1.165) is 11.3 Å². The fourth-order valence-electron chi connectivity index (χ4n) is 3.05. The number of sulfonamides is 1. The van der Waals surface area contributed by atoms with Gasteiger partial charge in [0, 0.05) is 0 Å². The standard InChI is InChI=1S/C21H19BrN2O5S2/c22-18-10-11-19(30-18)31(26,27)24-20(14-6-2-1-3-7-14)21(25)23-12-15-13-28-16-8-4-5-9-17(16)29-15/h1-11,15,20,24H,12-13H2,(H,23,25)/t15-,20+/m0/s1. The molecule has 0 aliphatic carbocycles. The van der Waals surface area contributed by atoms with Crippen molar-refractivity contribution in [1.82, 2.24) is 10.0 Å². The van der Waals surface area contributed by atoms with Gasteiger partial charge in [-0.2, -0.15) is 4.72 Å². The lowest BCUT2D eigenvalue weighted by Gasteiger charge is -2.27. The molecule has 2 atom stereocenters. The zero-order chi connectivity index (χ0) is 21.8. The molecular formula is C21H19BrN2O5S2. The van der Waals surface area contributed by atoms with Crippen molar-refractivity contribution in [3.63, 3.8) is 0 Å². The van der Waals surface area contributed by atoms with Gasteiger partial charge in [-0.1, -0.05) is 42.5 Å². The third-order valence-corrected chi connectivity index (χ3v) is 8.09. The Morgan fingerprint density at radius 1 is 1.06 bits per heavy atom. The minimum atomic E-state index is -3.89. The number of carbonyl (C=O) groups excluding carboxylic acids is 1. The predicted octanol–water partition coefficient (Wildman–Crippen LogP) is 3.49. The van der Waals surface area contributed by atoms with Crippen LogP contribution < -0.4 is 19.5 Å². The molecule has 1 amide bonds. The second kappa shape index (κ2) is 9.39. The summed E-state index contributed by atoms with van der Waals surface area (Å²) < 4.78 is 40.5. The van der Waals surface area contributed by atoms with E-state index < -0.39 is 22.0 Å². The quantitative estimate of drug-likeness (QED) is 0.495. The average molecular weight is 523 g/mol. The molecular weight excluding hydrogens is 504 g/mol. The summed E-state index contributed by atoms with van der Waals surface area (Å²) in [6.45, 7) is 0.449. The molecule has 2 aromatic carbocycles. The van der Waals surface area contributed by atoms with Crippen LogP contribution in [-0.2, 0) is 14.8 Å². The van der Waals surface area contributed by atoms with E-state index in [9.17, 15) is 13.2 Å². The number of hydrogen-bond acceptors (Lipinski definition) is 6. The Hall–Kier alpha value is -2.40. The van der Waals surface area contributed by atoms with Crippen molar-refractivity contribution >= 4 is 43.2 Å². The monoisotopic (exact) mass is 522 g/mol. The Bertz CT molecular complexity index is 1170. The van der Waals surface area contributed by atoms with E-state index in [1.54, 1.807) is 42.5 Å². The van der Waals surface area contributed by atoms with Crippen LogP contribution in [0.4, 0.5) is 0 Å². The fraction of sp³-hybridized carbons (Fsp3) is 0.190. The zero-order valence-electron chi connectivity index (χ0n) is 16.2. The van der Waals surface area contributed by atoms with Gasteiger partial charge >= 0.3 is 0 Å². The lowest BCUT2D eigenvalue weighted by atomic mass is 10.1. The third-order valence-electron chi connectivity index (χ3n) is 4.55. The summed E-state index contributed by atoms with van der Waals surface area (Å²) in [7, 11) is -3.89. The van der Waals surface area contributed by atoms with Crippen LogP contribution in [0, 0.1) is 0 Å². The molecule has 3 aromatic rings. The van der Waals surface area contributed by atoms with Crippen LogP contribution in [0.25, 0.3) is 0 Å². The Morgan fingerprint density at radius 2 is 1.77 bits per heavy atom. The van der Waals surface area contributed by atoms with Crippen LogP contribution in [-0.4, -0.2) is 33.6 Å². The molecule has 0 fully saturated rings. The first-order chi connectivity index (χ1) is 14.9. The number of hydrogen-bond donors (Lipinski definition) is 2. The van der Waals surface area contributed by atoms with Crippen molar-refractivity contribution in [2.24, 2.45) is 0 Å². The molecule has 1 aromatic heterocycles. The summed E-state index contributed by atoms with van der Waals surface area (Å²) in [5.74, 6) is 0.784. The number of ether oxygens (including phenoxy) is 2. The van der Waals surface area contributed by atoms with E-state index >= 15 is 0 Å². The van der Waals surface area contributed by atoms with Crippen LogP contribution in [0.1, 0.15) is 11.6 Å². The SMILES string of the molecule is O=C(NC[C@H]1COc2ccccc2O1)[C@H](NS(=O)(=O)c1ccc(Br)s1)c1ccccc1. The lowest BCUT2D eigenvalue weighted by molar-refractivity contribution is -0.123. The Labute approximate surface area is 192 Å². The number of amides is 1. The number of halogens is 1. The molecule has 2 heterocycles. The molecule has 162 valence electrons. The summed E-state index contributed by atoms with van der Waals surface area (Å²) >= 11 is 4.34. The van der Waals surface area contributed by atoms with Crippen molar-refractivity contribution in [3.8, 4) is 11.5 Å². The van der Waals surface area contributed by atoms with Gasteiger partial charge in [-0.25, -0.2) is 8.42 Å². The van der Waals surface area contributed by atoms with Gasteiger partial charge in [0.1, 0.15) is 23.0 Å². The van der Waals surface area contributed by atoms with Crippen LogP contribution in [0.2, 0.25) is 0 Å². The number of benzene rings is 2. The van der Waals surface area contributed by atoms with E-state index in [-0.39, 0.29) is 23.5 Å². The largest absolute Gasteiger partial charge is 0.486 e. The number of carbonyl (C=O) groups is 1. The van der Waals surface area contributed by atoms with Gasteiger partial charge in [-0.15, -0.1) is 11.3 Å². The summed E-state index contributed by atoms with van der Waals surface area (Å²) in [4.78, 5) is 13.0. The van der Waals surface area contributed by atoms with Gasteiger partial charge in [-0.3, -0.25) is 4.79 Å². The lowest BCUT2D eigenvalue weighted by Crippen LogP contribution is -2.45. The molecule has 0 bridgehead atoms. The van der Waals surface area contributed by atoms with Gasteiger partial charge < -0.3 is 14.8 Å². The number of fused-ring (bicyclic) bond motifs is 1. The van der Waals surface area contributed by atoms with Gasteiger partial charge in [0.2, 0.25) is 5.91 Å². The van der Waals surface area contributed by atoms with Crippen molar-refractivity contribution in [2.45, 2.75) is 16.4 Å². The first-order valence-corrected chi connectivity index (χ1v) is 12.5. The van der Waals surface area contributed by atoms with Crippen LogP contribution >= 0.6 is 27.3 Å². The minimum Gasteiger partial charge on any atom is -0.486 e. The highest BCUT2D eigenvalue weighted by Crippen LogP contribution is 2.31. The predicted molar refractivity (Wildman–Crippen MR) is 121 cm³/mol. The molecule has 0 unspecified atom stereocenters. The molecule has 4 rings (SSSR count). The van der Waals surface area contributed by atoms with Gasteiger partial charge in [0.25, 0.3) is 10.0 Å².